The zero-order valence-corrected chi connectivity index (χ0v) is 20.8. The first kappa shape index (κ1) is 25.9. The third kappa shape index (κ3) is 6.51. The number of nitrogens with zero attached hydrogens (tertiary/aromatic N) is 5. The van der Waals surface area contributed by atoms with E-state index in [1.54, 1.807) is 48.5 Å². The van der Waals surface area contributed by atoms with E-state index in [-0.39, 0.29) is 30.1 Å². The van der Waals surface area contributed by atoms with Gasteiger partial charge in [0.25, 0.3) is 0 Å². The van der Waals surface area contributed by atoms with Gasteiger partial charge in [-0.3, -0.25) is 9.36 Å². The highest BCUT2D eigenvalue weighted by Gasteiger charge is 2.19. The Kier molecular flexibility index (Phi) is 7.85. The van der Waals surface area contributed by atoms with Gasteiger partial charge in [-0.2, -0.15) is 4.98 Å². The summed E-state index contributed by atoms with van der Waals surface area (Å²) in [5, 5.41) is 13.0. The average Bonchev–Trinajstić information content (AvgIpc) is 2.86. The van der Waals surface area contributed by atoms with Crippen molar-refractivity contribution in [2.24, 2.45) is 5.92 Å². The van der Waals surface area contributed by atoms with E-state index >= 15 is 0 Å². The number of benzene rings is 2. The molecule has 0 aliphatic carbocycles. The molecule has 13 heteroatoms. The van der Waals surface area contributed by atoms with Crippen LogP contribution in [0.1, 0.15) is 12.5 Å². The number of carboxylic acid groups (broad SMARTS) is 1. The number of hydrogen-bond acceptors (Lipinski definition) is 8. The Labute approximate surface area is 219 Å². The molecule has 11 nitrogen and oxygen atoms in total. The molecule has 2 heterocycles. The minimum atomic E-state index is -1.13. The summed E-state index contributed by atoms with van der Waals surface area (Å²) in [5.74, 6) is -1.39. The van der Waals surface area contributed by atoms with Gasteiger partial charge in [0, 0.05) is 23.3 Å². The number of ether oxygens (including phenoxy) is 1. The monoisotopic (exact) mass is 542 g/mol. The number of carbonyl (C=O) groups is 1. The summed E-state index contributed by atoms with van der Waals surface area (Å²) < 4.78 is 7.71. The molecular formula is C24H20Cl2N6O5. The number of carboxylic acids is 1. The second-order valence-corrected chi connectivity index (χ2v) is 8.82. The van der Waals surface area contributed by atoms with Crippen molar-refractivity contribution in [1.82, 2.24) is 24.1 Å². The molecule has 37 heavy (non-hydrogen) atoms. The van der Waals surface area contributed by atoms with Crippen molar-refractivity contribution in [3.05, 3.63) is 97.6 Å². The van der Waals surface area contributed by atoms with E-state index in [1.165, 1.54) is 23.9 Å². The predicted molar refractivity (Wildman–Crippen MR) is 137 cm³/mol. The molecule has 4 rings (SSSR count). The van der Waals surface area contributed by atoms with Gasteiger partial charge in [0.15, 0.2) is 0 Å². The highest BCUT2D eigenvalue weighted by atomic mass is 35.5. The summed E-state index contributed by atoms with van der Waals surface area (Å²) >= 11 is 11.8. The molecule has 4 aromatic rings. The SMILES string of the molecule is C[C@@H](Cn1c(=O)nc(Nc2ccc(Oc3cc(Cl)ncn3)cc2)n(Cc2ccc(Cl)cc2)c1=O)C(=O)O. The van der Waals surface area contributed by atoms with E-state index in [4.69, 9.17) is 27.9 Å². The smallest absolute Gasteiger partial charge is 0.354 e. The molecule has 2 aromatic carbocycles. The lowest BCUT2D eigenvalue weighted by molar-refractivity contribution is -0.141. The fraction of sp³-hybridized carbons (Fsp3) is 0.167. The third-order valence-corrected chi connectivity index (χ3v) is 5.68. The molecule has 2 N–H and O–H groups in total. The quantitative estimate of drug-likeness (QED) is 0.302. The molecule has 0 spiro atoms. The zero-order valence-electron chi connectivity index (χ0n) is 19.3. The van der Waals surface area contributed by atoms with E-state index in [0.29, 0.717) is 16.5 Å². The van der Waals surface area contributed by atoms with Crippen LogP contribution in [-0.4, -0.2) is 35.2 Å². The highest BCUT2D eigenvalue weighted by molar-refractivity contribution is 6.30. The van der Waals surface area contributed by atoms with Crippen molar-refractivity contribution in [3.8, 4) is 11.6 Å². The second kappa shape index (κ2) is 11.2. The van der Waals surface area contributed by atoms with Crippen LogP contribution in [0.15, 0.2) is 70.5 Å². The Morgan fingerprint density at radius 1 is 1.05 bits per heavy atom. The minimum absolute atomic E-state index is 0.0135. The molecule has 0 saturated heterocycles. The normalized spacial score (nSPS) is 11.6. The van der Waals surface area contributed by atoms with Crippen LogP contribution in [0, 0.1) is 5.92 Å². The number of halogens is 2. The summed E-state index contributed by atoms with van der Waals surface area (Å²) in [4.78, 5) is 49.1. The molecular weight excluding hydrogens is 523 g/mol. The number of hydrogen-bond donors (Lipinski definition) is 2. The topological polar surface area (TPSA) is 141 Å². The van der Waals surface area contributed by atoms with E-state index < -0.39 is 23.3 Å². The molecule has 0 aliphatic heterocycles. The van der Waals surface area contributed by atoms with Gasteiger partial charge >= 0.3 is 17.3 Å². The first-order valence-electron chi connectivity index (χ1n) is 10.9. The van der Waals surface area contributed by atoms with Crippen molar-refractivity contribution in [2.45, 2.75) is 20.0 Å². The third-order valence-electron chi connectivity index (χ3n) is 5.22. The van der Waals surface area contributed by atoms with Crippen LogP contribution in [0.25, 0.3) is 0 Å². The lowest BCUT2D eigenvalue weighted by Gasteiger charge is -2.17. The molecule has 0 fully saturated rings. The molecule has 0 saturated carbocycles. The molecule has 0 unspecified atom stereocenters. The van der Waals surface area contributed by atoms with Crippen LogP contribution >= 0.6 is 23.2 Å². The van der Waals surface area contributed by atoms with Crippen molar-refractivity contribution in [1.29, 1.82) is 0 Å². The molecule has 2 aromatic heterocycles. The molecule has 0 radical (unpaired) electrons. The van der Waals surface area contributed by atoms with Crippen LogP contribution in [0.3, 0.4) is 0 Å². The van der Waals surface area contributed by atoms with Crippen LogP contribution < -0.4 is 21.4 Å². The van der Waals surface area contributed by atoms with Gasteiger partial charge in [-0.15, -0.1) is 0 Å². The number of aromatic nitrogens is 5. The highest BCUT2D eigenvalue weighted by Crippen LogP contribution is 2.24. The Morgan fingerprint density at radius 2 is 1.76 bits per heavy atom. The van der Waals surface area contributed by atoms with Gasteiger partial charge in [0.2, 0.25) is 11.8 Å². The van der Waals surface area contributed by atoms with Gasteiger partial charge < -0.3 is 15.2 Å². The van der Waals surface area contributed by atoms with Crippen LogP contribution in [0.4, 0.5) is 11.6 Å². The first-order chi connectivity index (χ1) is 17.7. The van der Waals surface area contributed by atoms with Gasteiger partial charge in [-0.25, -0.2) is 24.1 Å². The molecule has 190 valence electrons. The van der Waals surface area contributed by atoms with E-state index in [0.717, 1.165) is 10.1 Å². The van der Waals surface area contributed by atoms with Crippen molar-refractivity contribution in [3.63, 3.8) is 0 Å². The summed E-state index contributed by atoms with van der Waals surface area (Å²) in [7, 11) is 0. The maximum absolute atomic E-state index is 13.3. The summed E-state index contributed by atoms with van der Waals surface area (Å²) in [5.41, 5.74) is -0.333. The van der Waals surface area contributed by atoms with Gasteiger partial charge in [-0.1, -0.05) is 42.3 Å². The van der Waals surface area contributed by atoms with Crippen LogP contribution in [0.2, 0.25) is 10.2 Å². The summed E-state index contributed by atoms with van der Waals surface area (Å²) in [6.45, 7) is 1.14. The second-order valence-electron chi connectivity index (χ2n) is 7.99. The average molecular weight is 543 g/mol. The minimum Gasteiger partial charge on any atom is -0.481 e. The fourth-order valence-electron chi connectivity index (χ4n) is 3.28. The maximum Gasteiger partial charge on any atom is 0.354 e. The van der Waals surface area contributed by atoms with Gasteiger partial charge in [0.05, 0.1) is 12.5 Å². The first-order valence-corrected chi connectivity index (χ1v) is 11.7. The number of nitrogens with one attached hydrogen (secondary N) is 1. The maximum atomic E-state index is 13.3. The Bertz CT molecular complexity index is 1540. The lowest BCUT2D eigenvalue weighted by atomic mass is 10.2. The van der Waals surface area contributed by atoms with Crippen molar-refractivity contribution >= 4 is 40.8 Å². The Morgan fingerprint density at radius 3 is 2.41 bits per heavy atom. The van der Waals surface area contributed by atoms with E-state index in [9.17, 15) is 19.5 Å². The van der Waals surface area contributed by atoms with Crippen molar-refractivity contribution < 1.29 is 14.6 Å². The number of rotatable bonds is 9. The zero-order chi connectivity index (χ0) is 26.5. The standard InChI is InChI=1S/C24H20Cl2N6O5/c1-14(21(33)34)11-32-23(35)30-22(31(24(32)36)12-15-2-4-16(25)5-3-15)29-17-6-8-18(9-7-17)37-20-10-19(26)27-13-28-20/h2-10,13-14H,11-12H2,1H3,(H,33,34)(H,29,30,35)/t14-/m0/s1. The largest absolute Gasteiger partial charge is 0.481 e. The Hall–Kier alpha value is -4.22. The molecule has 0 bridgehead atoms. The summed E-state index contributed by atoms with van der Waals surface area (Å²) in [6, 6.07) is 14.9. The van der Waals surface area contributed by atoms with Gasteiger partial charge in [0.1, 0.15) is 17.2 Å². The van der Waals surface area contributed by atoms with Crippen LogP contribution in [-0.2, 0) is 17.9 Å². The predicted octanol–water partition coefficient (Wildman–Crippen LogP) is 3.81. The summed E-state index contributed by atoms with van der Waals surface area (Å²) in [6.07, 6.45) is 1.28. The molecule has 0 amide bonds. The number of aliphatic carboxylic acids is 1. The molecule has 1 atom stereocenters. The van der Waals surface area contributed by atoms with Gasteiger partial charge in [-0.05, 0) is 42.0 Å². The van der Waals surface area contributed by atoms with E-state index in [2.05, 4.69) is 20.3 Å². The lowest BCUT2D eigenvalue weighted by Crippen LogP contribution is -2.44. The van der Waals surface area contributed by atoms with Crippen molar-refractivity contribution in [2.75, 3.05) is 5.32 Å². The molecule has 0 aliphatic rings. The van der Waals surface area contributed by atoms with E-state index in [1.807, 2.05) is 0 Å². The Balaban J connectivity index is 1.65. The number of anilines is 2. The fourth-order valence-corrected chi connectivity index (χ4v) is 3.54. The van der Waals surface area contributed by atoms with Crippen LogP contribution in [0.5, 0.6) is 11.6 Å².